The van der Waals surface area contributed by atoms with E-state index in [-0.39, 0.29) is 0 Å². The number of imidazole rings is 1. The van der Waals surface area contributed by atoms with Crippen molar-refractivity contribution in [3.05, 3.63) is 18.2 Å². The first-order valence-electron chi connectivity index (χ1n) is 5.16. The zero-order chi connectivity index (χ0) is 12.2. The van der Waals surface area contributed by atoms with Crippen LogP contribution < -0.4 is 5.32 Å². The van der Waals surface area contributed by atoms with E-state index in [9.17, 15) is 13.2 Å². The average molecular weight is 235 g/mol. The molecule has 0 spiro atoms. The molecule has 0 amide bonds. The number of alkyl halides is 3. The summed E-state index contributed by atoms with van der Waals surface area (Å²) in [5.74, 6) is 0.879. The molecule has 3 nitrogen and oxygen atoms in total. The average Bonchev–Trinajstić information content (AvgIpc) is 2.49. The summed E-state index contributed by atoms with van der Waals surface area (Å²) in [5.41, 5.74) is 0. The fraction of sp³-hybridized carbons (Fsp3) is 0.700. The topological polar surface area (TPSA) is 29.9 Å². The van der Waals surface area contributed by atoms with E-state index in [1.54, 1.807) is 0 Å². The van der Waals surface area contributed by atoms with Crippen LogP contribution in [-0.2, 0) is 13.1 Å². The summed E-state index contributed by atoms with van der Waals surface area (Å²) in [7, 11) is 0. The lowest BCUT2D eigenvalue weighted by molar-refractivity contribution is -0.141. The third-order valence-electron chi connectivity index (χ3n) is 1.99. The molecule has 0 aliphatic rings. The molecule has 0 unspecified atom stereocenters. The Labute approximate surface area is 92.7 Å². The zero-order valence-electron chi connectivity index (χ0n) is 9.38. The van der Waals surface area contributed by atoms with Gasteiger partial charge in [0.2, 0.25) is 0 Å². The molecule has 0 radical (unpaired) electrons. The van der Waals surface area contributed by atoms with E-state index in [0.29, 0.717) is 18.3 Å². The van der Waals surface area contributed by atoms with Gasteiger partial charge in [-0.15, -0.1) is 0 Å². The van der Waals surface area contributed by atoms with Gasteiger partial charge in [-0.1, -0.05) is 13.8 Å². The third-order valence-corrected chi connectivity index (χ3v) is 1.99. The molecule has 16 heavy (non-hydrogen) atoms. The number of hydrogen-bond donors (Lipinski definition) is 1. The smallest absolute Gasteiger partial charge is 0.325 e. The van der Waals surface area contributed by atoms with Crippen LogP contribution in [0.25, 0.3) is 0 Å². The van der Waals surface area contributed by atoms with Gasteiger partial charge in [-0.25, -0.2) is 4.98 Å². The van der Waals surface area contributed by atoms with E-state index in [1.165, 1.54) is 12.4 Å². The van der Waals surface area contributed by atoms with E-state index in [2.05, 4.69) is 10.3 Å². The lowest BCUT2D eigenvalue weighted by atomic mass is 10.2. The van der Waals surface area contributed by atoms with Gasteiger partial charge in [-0.05, 0) is 12.5 Å². The minimum Gasteiger partial charge on any atom is -0.325 e. The highest BCUT2D eigenvalue weighted by atomic mass is 19.4. The number of nitrogens with zero attached hydrogens (tertiary/aromatic N) is 2. The van der Waals surface area contributed by atoms with E-state index in [0.717, 1.165) is 11.1 Å². The van der Waals surface area contributed by atoms with Gasteiger partial charge >= 0.3 is 6.18 Å². The minimum absolute atomic E-state index is 0.362. The summed E-state index contributed by atoms with van der Waals surface area (Å²) in [6, 6.07) is 0. The normalized spacial score (nSPS) is 12.4. The molecule has 0 saturated heterocycles. The summed E-state index contributed by atoms with van der Waals surface area (Å²) in [6.07, 6.45) is -1.47. The molecule has 1 aromatic heterocycles. The molecule has 1 heterocycles. The van der Waals surface area contributed by atoms with Crippen molar-refractivity contribution < 1.29 is 13.2 Å². The van der Waals surface area contributed by atoms with Crippen molar-refractivity contribution in [3.8, 4) is 0 Å². The highest BCUT2D eigenvalue weighted by Crippen LogP contribution is 2.18. The fourth-order valence-corrected chi connectivity index (χ4v) is 1.32. The summed E-state index contributed by atoms with van der Waals surface area (Å²) in [5, 5.41) is 3.06. The molecule has 0 bridgehead atoms. The number of aromatic nitrogens is 2. The number of rotatable bonds is 5. The first-order valence-corrected chi connectivity index (χ1v) is 5.16. The lowest BCUT2D eigenvalue weighted by Gasteiger charge is -2.11. The fourth-order valence-electron chi connectivity index (χ4n) is 1.32. The molecule has 1 rings (SSSR count). The van der Waals surface area contributed by atoms with Crippen molar-refractivity contribution in [2.24, 2.45) is 5.92 Å². The van der Waals surface area contributed by atoms with Crippen molar-refractivity contribution >= 4 is 0 Å². The van der Waals surface area contributed by atoms with Gasteiger partial charge in [-0.3, -0.25) is 0 Å². The molecule has 0 aliphatic heterocycles. The highest BCUT2D eigenvalue weighted by Gasteiger charge is 2.28. The van der Waals surface area contributed by atoms with Crippen LogP contribution in [0.1, 0.15) is 19.7 Å². The largest absolute Gasteiger partial charge is 0.406 e. The van der Waals surface area contributed by atoms with Crippen LogP contribution in [0.5, 0.6) is 0 Å². The Morgan fingerprint density at radius 1 is 1.44 bits per heavy atom. The van der Waals surface area contributed by atoms with Crippen LogP contribution in [-0.4, -0.2) is 22.3 Å². The number of halogens is 3. The van der Waals surface area contributed by atoms with Gasteiger partial charge in [0.05, 0.1) is 6.54 Å². The van der Waals surface area contributed by atoms with Crippen LogP contribution in [0, 0.1) is 5.92 Å². The van der Waals surface area contributed by atoms with Crippen LogP contribution in [0.2, 0.25) is 0 Å². The van der Waals surface area contributed by atoms with Gasteiger partial charge in [0.25, 0.3) is 0 Å². The van der Waals surface area contributed by atoms with Gasteiger partial charge in [-0.2, -0.15) is 13.2 Å². The van der Waals surface area contributed by atoms with Crippen molar-refractivity contribution in [1.82, 2.24) is 14.9 Å². The van der Waals surface area contributed by atoms with Crippen molar-refractivity contribution in [2.45, 2.75) is 33.1 Å². The Balaban J connectivity index is 2.51. The second-order valence-corrected chi connectivity index (χ2v) is 4.11. The van der Waals surface area contributed by atoms with E-state index >= 15 is 0 Å². The van der Waals surface area contributed by atoms with Crippen molar-refractivity contribution in [2.75, 3.05) is 6.54 Å². The number of nitrogens with one attached hydrogen (secondary N) is 1. The molecule has 92 valence electrons. The lowest BCUT2D eigenvalue weighted by Crippen LogP contribution is -2.24. The van der Waals surface area contributed by atoms with Crippen LogP contribution in [0.3, 0.4) is 0 Å². The van der Waals surface area contributed by atoms with Crippen LogP contribution in [0.15, 0.2) is 12.4 Å². The molecule has 0 atom stereocenters. The maximum absolute atomic E-state index is 12.2. The first-order chi connectivity index (χ1) is 7.38. The maximum Gasteiger partial charge on any atom is 0.406 e. The summed E-state index contributed by atoms with van der Waals surface area (Å²) in [4.78, 5) is 3.90. The Kier molecular flexibility index (Phi) is 4.35. The van der Waals surface area contributed by atoms with Gasteiger partial charge in [0.1, 0.15) is 12.4 Å². The Morgan fingerprint density at radius 2 is 2.12 bits per heavy atom. The van der Waals surface area contributed by atoms with Crippen molar-refractivity contribution in [3.63, 3.8) is 0 Å². The molecular weight excluding hydrogens is 219 g/mol. The molecule has 1 aromatic rings. The van der Waals surface area contributed by atoms with Gasteiger partial charge in [0, 0.05) is 12.4 Å². The first kappa shape index (κ1) is 13.0. The van der Waals surface area contributed by atoms with Crippen LogP contribution in [0.4, 0.5) is 13.2 Å². The van der Waals surface area contributed by atoms with Crippen molar-refractivity contribution in [1.29, 1.82) is 0 Å². The summed E-state index contributed by atoms with van der Waals surface area (Å²) < 4.78 is 37.7. The van der Waals surface area contributed by atoms with Gasteiger partial charge < -0.3 is 9.88 Å². The molecule has 0 saturated carbocycles. The van der Waals surface area contributed by atoms with Gasteiger partial charge in [0.15, 0.2) is 0 Å². The standard InChI is InChI=1S/C10H16F3N3/c1-8(2)5-14-6-9-15-3-4-16(9)7-10(11,12)13/h3-4,8,14H,5-7H2,1-2H3. The highest BCUT2D eigenvalue weighted by molar-refractivity contribution is 4.92. The minimum atomic E-state index is -4.20. The quantitative estimate of drug-likeness (QED) is 0.847. The zero-order valence-corrected chi connectivity index (χ0v) is 9.38. The predicted molar refractivity (Wildman–Crippen MR) is 54.8 cm³/mol. The van der Waals surface area contributed by atoms with E-state index in [4.69, 9.17) is 0 Å². The van der Waals surface area contributed by atoms with Crippen LogP contribution >= 0.6 is 0 Å². The molecule has 6 heteroatoms. The number of hydrogen-bond acceptors (Lipinski definition) is 2. The van der Waals surface area contributed by atoms with E-state index < -0.39 is 12.7 Å². The SMILES string of the molecule is CC(C)CNCc1nccn1CC(F)(F)F. The monoisotopic (exact) mass is 235 g/mol. The Bertz CT molecular complexity index is 317. The predicted octanol–water partition coefficient (Wildman–Crippen LogP) is 2.19. The molecule has 0 fully saturated rings. The summed E-state index contributed by atoms with van der Waals surface area (Å²) in [6.45, 7) is 4.22. The summed E-state index contributed by atoms with van der Waals surface area (Å²) >= 11 is 0. The maximum atomic E-state index is 12.2. The molecular formula is C10H16F3N3. The second-order valence-electron chi connectivity index (χ2n) is 4.11. The molecule has 0 aliphatic carbocycles. The Hall–Kier alpha value is -1.04. The molecule has 0 aromatic carbocycles. The molecule has 1 N–H and O–H groups in total. The second kappa shape index (κ2) is 5.34. The Morgan fingerprint density at radius 3 is 2.69 bits per heavy atom. The third kappa shape index (κ3) is 4.65. The van der Waals surface area contributed by atoms with E-state index in [1.807, 2.05) is 13.8 Å².